The van der Waals surface area contributed by atoms with Crippen molar-refractivity contribution in [3.05, 3.63) is 59.8 Å². The van der Waals surface area contributed by atoms with Gasteiger partial charge in [0.25, 0.3) is 0 Å². The number of hydrogen-bond acceptors (Lipinski definition) is 6. The van der Waals surface area contributed by atoms with E-state index in [9.17, 15) is 4.39 Å². The summed E-state index contributed by atoms with van der Waals surface area (Å²) in [6, 6.07) is 7.05. The van der Waals surface area contributed by atoms with Gasteiger partial charge < -0.3 is 9.64 Å². The molecule has 3 heterocycles. The van der Waals surface area contributed by atoms with Gasteiger partial charge in [-0.3, -0.25) is 0 Å². The lowest BCUT2D eigenvalue weighted by atomic mass is 10.0. The van der Waals surface area contributed by atoms with Gasteiger partial charge in [0.2, 0.25) is 0 Å². The van der Waals surface area contributed by atoms with Crippen LogP contribution in [0.25, 0.3) is 11.6 Å². The predicted molar refractivity (Wildman–Crippen MR) is 95.2 cm³/mol. The van der Waals surface area contributed by atoms with Gasteiger partial charge in [-0.15, -0.1) is 0 Å². The van der Waals surface area contributed by atoms with E-state index in [2.05, 4.69) is 31.8 Å². The Morgan fingerprint density at radius 3 is 2.65 bits per heavy atom. The lowest BCUT2D eigenvalue weighted by Gasteiger charge is -2.25. The van der Waals surface area contributed by atoms with Crippen molar-refractivity contribution in [3.8, 4) is 17.4 Å². The number of anilines is 1. The summed E-state index contributed by atoms with van der Waals surface area (Å²) in [6.07, 6.45) is 5.88. The van der Waals surface area contributed by atoms with Crippen LogP contribution in [-0.2, 0) is 6.54 Å². The maximum Gasteiger partial charge on any atom is 0.199 e. The molecule has 0 bridgehead atoms. The molecule has 1 aliphatic heterocycles. The highest BCUT2D eigenvalue weighted by Gasteiger charge is 2.31. The van der Waals surface area contributed by atoms with E-state index >= 15 is 0 Å². The Kier molecular flexibility index (Phi) is 4.20. The number of methoxy groups -OCH3 is 1. The largest absolute Gasteiger partial charge is 0.494 e. The average molecular weight is 351 g/mol. The number of aromatic nitrogens is 4. The molecule has 0 radical (unpaired) electrons. The summed E-state index contributed by atoms with van der Waals surface area (Å²) >= 11 is 0. The Morgan fingerprint density at radius 1 is 1.15 bits per heavy atom. The summed E-state index contributed by atoms with van der Waals surface area (Å²) in [5, 5.41) is 0. The number of halogens is 1. The minimum atomic E-state index is -0.344. The second kappa shape index (κ2) is 6.67. The van der Waals surface area contributed by atoms with Crippen LogP contribution in [0.3, 0.4) is 0 Å². The summed E-state index contributed by atoms with van der Waals surface area (Å²) in [7, 11) is 1.48. The van der Waals surface area contributed by atoms with E-state index in [1.165, 1.54) is 7.11 Å². The Hall–Kier alpha value is -3.09. The van der Waals surface area contributed by atoms with Crippen molar-refractivity contribution < 1.29 is 9.13 Å². The van der Waals surface area contributed by atoms with Crippen LogP contribution in [0.2, 0.25) is 0 Å². The number of ether oxygens (including phenoxy) is 1. The highest BCUT2D eigenvalue weighted by atomic mass is 19.1. The van der Waals surface area contributed by atoms with Crippen molar-refractivity contribution in [2.45, 2.75) is 25.9 Å². The quantitative estimate of drug-likeness (QED) is 0.716. The van der Waals surface area contributed by atoms with Gasteiger partial charge in [0.15, 0.2) is 23.2 Å². The smallest absolute Gasteiger partial charge is 0.199 e. The fourth-order valence-electron chi connectivity index (χ4n) is 3.39. The van der Waals surface area contributed by atoms with E-state index in [0.717, 1.165) is 23.4 Å². The summed E-state index contributed by atoms with van der Waals surface area (Å²) in [4.78, 5) is 19.5. The van der Waals surface area contributed by atoms with Gasteiger partial charge >= 0.3 is 0 Å². The second-order valence-corrected chi connectivity index (χ2v) is 6.05. The minimum Gasteiger partial charge on any atom is -0.494 e. The lowest BCUT2D eigenvalue weighted by molar-refractivity contribution is 0.385. The molecule has 1 aliphatic rings. The van der Waals surface area contributed by atoms with Crippen molar-refractivity contribution in [1.29, 1.82) is 0 Å². The molecule has 0 saturated heterocycles. The van der Waals surface area contributed by atoms with Crippen LogP contribution in [0.1, 0.15) is 30.5 Å². The number of benzene rings is 1. The Morgan fingerprint density at radius 2 is 1.92 bits per heavy atom. The van der Waals surface area contributed by atoms with Gasteiger partial charge in [0, 0.05) is 25.1 Å². The molecule has 7 heteroatoms. The van der Waals surface area contributed by atoms with Gasteiger partial charge in [-0.1, -0.05) is 6.92 Å². The fourth-order valence-corrected chi connectivity index (χ4v) is 3.39. The average Bonchev–Trinajstić information content (AvgIpc) is 3.05. The zero-order valence-corrected chi connectivity index (χ0v) is 14.6. The van der Waals surface area contributed by atoms with Crippen molar-refractivity contribution in [1.82, 2.24) is 19.9 Å². The first-order valence-corrected chi connectivity index (χ1v) is 8.44. The molecule has 0 fully saturated rings. The van der Waals surface area contributed by atoms with E-state index < -0.39 is 0 Å². The predicted octanol–water partition coefficient (Wildman–Crippen LogP) is 3.55. The molecule has 26 heavy (non-hydrogen) atoms. The lowest BCUT2D eigenvalue weighted by Crippen LogP contribution is -2.22. The topological polar surface area (TPSA) is 64.0 Å². The van der Waals surface area contributed by atoms with E-state index in [1.54, 1.807) is 36.8 Å². The highest BCUT2D eigenvalue weighted by molar-refractivity contribution is 5.55. The van der Waals surface area contributed by atoms with Gasteiger partial charge in [-0.2, -0.15) is 0 Å². The molecule has 2 aromatic heterocycles. The molecule has 0 N–H and O–H groups in total. The molecule has 6 nitrogen and oxygen atoms in total. The van der Waals surface area contributed by atoms with E-state index in [1.807, 2.05) is 6.07 Å². The third-order valence-corrected chi connectivity index (χ3v) is 4.58. The third kappa shape index (κ3) is 2.75. The number of nitrogens with zero attached hydrogens (tertiary/aromatic N) is 5. The van der Waals surface area contributed by atoms with Gasteiger partial charge in [-0.25, -0.2) is 24.3 Å². The first kappa shape index (κ1) is 16.4. The summed E-state index contributed by atoms with van der Waals surface area (Å²) in [5.74, 6) is 1.64. The number of fused-ring (bicyclic) bond motifs is 1. The van der Waals surface area contributed by atoms with Crippen LogP contribution >= 0.6 is 0 Å². The molecular formula is C19H18FN5O. The Labute approximate surface area is 150 Å². The second-order valence-electron chi connectivity index (χ2n) is 6.05. The zero-order valence-electron chi connectivity index (χ0n) is 14.6. The molecule has 0 saturated carbocycles. The SMILES string of the molecule is CCC1c2cc(OC)c(F)cc2CN1c1ccnc(-c2ncccn2)n1. The first-order chi connectivity index (χ1) is 12.7. The van der Waals surface area contributed by atoms with Gasteiger partial charge in [-0.05, 0) is 41.8 Å². The molecule has 132 valence electrons. The molecule has 1 aromatic carbocycles. The van der Waals surface area contributed by atoms with Crippen LogP contribution in [0.15, 0.2) is 42.9 Å². The highest BCUT2D eigenvalue weighted by Crippen LogP contribution is 2.41. The fraction of sp³-hybridized carbons (Fsp3) is 0.263. The van der Waals surface area contributed by atoms with Gasteiger partial charge in [0.1, 0.15) is 5.82 Å². The van der Waals surface area contributed by atoms with E-state index in [4.69, 9.17) is 4.74 Å². The number of rotatable bonds is 4. The van der Waals surface area contributed by atoms with Crippen molar-refractivity contribution >= 4 is 5.82 Å². The molecule has 3 aromatic rings. The molecule has 0 amide bonds. The normalized spacial score (nSPS) is 15.8. The molecule has 1 unspecified atom stereocenters. The zero-order chi connectivity index (χ0) is 18.1. The molecular weight excluding hydrogens is 333 g/mol. The van der Waals surface area contributed by atoms with E-state index in [0.29, 0.717) is 18.2 Å². The van der Waals surface area contributed by atoms with Gasteiger partial charge in [0.05, 0.1) is 13.2 Å². The summed E-state index contributed by atoms with van der Waals surface area (Å²) < 4.78 is 19.3. The maximum atomic E-state index is 14.1. The number of hydrogen-bond donors (Lipinski definition) is 0. The summed E-state index contributed by atoms with van der Waals surface area (Å²) in [5.41, 5.74) is 2.02. The monoisotopic (exact) mass is 351 g/mol. The summed E-state index contributed by atoms with van der Waals surface area (Å²) in [6.45, 7) is 2.69. The standard InChI is InChI=1S/C19H18FN5O/c1-3-15-13-10-16(26-2)14(20)9-12(13)11-25(15)17-5-8-23-19(24-17)18-21-6-4-7-22-18/h4-10,15H,3,11H2,1-2H3. The van der Waals surface area contributed by atoms with Crippen LogP contribution in [0, 0.1) is 5.82 Å². The van der Waals surface area contributed by atoms with Crippen molar-refractivity contribution in [2.24, 2.45) is 0 Å². The van der Waals surface area contributed by atoms with E-state index in [-0.39, 0.29) is 17.6 Å². The maximum absolute atomic E-state index is 14.1. The van der Waals surface area contributed by atoms with Crippen LogP contribution < -0.4 is 9.64 Å². The molecule has 0 aliphatic carbocycles. The molecule has 1 atom stereocenters. The Balaban J connectivity index is 1.72. The van der Waals surface area contributed by atoms with Crippen molar-refractivity contribution in [2.75, 3.05) is 12.0 Å². The van der Waals surface area contributed by atoms with Crippen LogP contribution in [0.4, 0.5) is 10.2 Å². The Bertz CT molecular complexity index is 934. The van der Waals surface area contributed by atoms with Crippen molar-refractivity contribution in [3.63, 3.8) is 0 Å². The van der Waals surface area contributed by atoms with Crippen LogP contribution in [0.5, 0.6) is 5.75 Å². The molecule has 0 spiro atoms. The minimum absolute atomic E-state index is 0.0962. The first-order valence-electron chi connectivity index (χ1n) is 8.44. The third-order valence-electron chi connectivity index (χ3n) is 4.58. The molecule has 4 rings (SSSR count). The van der Waals surface area contributed by atoms with Crippen LogP contribution in [-0.4, -0.2) is 27.0 Å².